The van der Waals surface area contributed by atoms with Gasteiger partial charge in [0.2, 0.25) is 11.8 Å². The summed E-state index contributed by atoms with van der Waals surface area (Å²) in [4.78, 5) is 50.9. The van der Waals surface area contributed by atoms with Gasteiger partial charge in [0.25, 0.3) is 5.56 Å². The van der Waals surface area contributed by atoms with E-state index in [0.717, 1.165) is 22.4 Å². The molecular formula is C38H54N6O8. The van der Waals surface area contributed by atoms with Gasteiger partial charge in [-0.1, -0.05) is 18.2 Å². The van der Waals surface area contributed by atoms with E-state index in [1.54, 1.807) is 11.0 Å². The molecular weight excluding hydrogens is 668 g/mol. The first kappa shape index (κ1) is 39.4. The van der Waals surface area contributed by atoms with Gasteiger partial charge >= 0.3 is 0 Å². The van der Waals surface area contributed by atoms with Crippen LogP contribution in [-0.2, 0) is 46.4 Å². The standard InChI is InChI=1S/C38H54N6O8/c1-29-23-30(2)25-32(24-29)39-35(45)27-42-9-15-51-21-19-49-13-7-41(8-14-50-20-22-52-16-10-42)26-34-40-37-31(3)5-4-6-33(37)38(47)44(34)28-36(46)43-11-17-48-18-12-43/h4-6,23-25H,7-22,26-28H2,1-3H3,(H,39,45). The second-order valence-corrected chi connectivity index (χ2v) is 13.3. The Labute approximate surface area is 305 Å². The van der Waals surface area contributed by atoms with E-state index in [0.29, 0.717) is 129 Å². The molecule has 14 nitrogen and oxygen atoms in total. The quantitative estimate of drug-likeness (QED) is 0.384. The highest BCUT2D eigenvalue weighted by molar-refractivity contribution is 5.92. The van der Waals surface area contributed by atoms with Crippen molar-refractivity contribution in [3.05, 3.63) is 69.3 Å². The number of morpholine rings is 1. The SMILES string of the molecule is Cc1cc(C)cc(NC(=O)CN2CCOCCOCCN(Cc3nc4c(C)cccc4c(=O)n3CC(=O)N3CCOCC3)CCOCCOCC2)c1. The topological polar surface area (TPSA) is 137 Å². The van der Waals surface area contributed by atoms with Crippen molar-refractivity contribution >= 4 is 28.4 Å². The van der Waals surface area contributed by atoms with Crippen molar-refractivity contribution in [2.24, 2.45) is 0 Å². The number of para-hydroxylation sites is 1. The predicted molar refractivity (Wildman–Crippen MR) is 198 cm³/mol. The third-order valence-electron chi connectivity index (χ3n) is 9.11. The first-order valence-corrected chi connectivity index (χ1v) is 18.2. The third kappa shape index (κ3) is 12.2. The number of anilines is 1. The maximum absolute atomic E-state index is 13.8. The van der Waals surface area contributed by atoms with Gasteiger partial charge in [0.1, 0.15) is 12.4 Å². The summed E-state index contributed by atoms with van der Waals surface area (Å²) in [7, 11) is 0. The zero-order valence-corrected chi connectivity index (χ0v) is 30.9. The van der Waals surface area contributed by atoms with Crippen LogP contribution in [0.3, 0.4) is 0 Å². The van der Waals surface area contributed by atoms with Crippen molar-refractivity contribution in [1.82, 2.24) is 24.3 Å². The predicted octanol–water partition coefficient (Wildman–Crippen LogP) is 2.00. The van der Waals surface area contributed by atoms with Crippen LogP contribution in [0.1, 0.15) is 22.5 Å². The van der Waals surface area contributed by atoms with Crippen LogP contribution < -0.4 is 10.9 Å². The lowest BCUT2D eigenvalue weighted by Gasteiger charge is -2.28. The van der Waals surface area contributed by atoms with E-state index in [4.69, 9.17) is 28.7 Å². The molecule has 2 amide bonds. The monoisotopic (exact) mass is 722 g/mol. The largest absolute Gasteiger partial charge is 0.378 e. The number of benzene rings is 2. The van der Waals surface area contributed by atoms with Crippen LogP contribution in [0.25, 0.3) is 10.9 Å². The van der Waals surface area contributed by atoms with E-state index in [2.05, 4.69) is 16.3 Å². The molecule has 2 aliphatic heterocycles. The first-order valence-electron chi connectivity index (χ1n) is 18.2. The number of hydrogen-bond acceptors (Lipinski definition) is 11. The minimum Gasteiger partial charge on any atom is -0.378 e. The van der Waals surface area contributed by atoms with Gasteiger partial charge < -0.3 is 33.9 Å². The van der Waals surface area contributed by atoms with Crippen molar-refractivity contribution in [1.29, 1.82) is 0 Å². The third-order valence-corrected chi connectivity index (χ3v) is 9.11. The number of ether oxygens (including phenoxy) is 5. The lowest BCUT2D eigenvalue weighted by atomic mass is 10.1. The maximum Gasteiger partial charge on any atom is 0.261 e. The zero-order chi connectivity index (χ0) is 36.7. The smallest absolute Gasteiger partial charge is 0.261 e. The molecule has 52 heavy (non-hydrogen) atoms. The van der Waals surface area contributed by atoms with Gasteiger partial charge in [-0.3, -0.25) is 28.8 Å². The molecule has 0 aliphatic carbocycles. The number of hydrogen-bond donors (Lipinski definition) is 1. The Hall–Kier alpha value is -3.76. The number of nitrogens with one attached hydrogen (secondary N) is 1. The van der Waals surface area contributed by atoms with Crippen molar-refractivity contribution < 1.29 is 33.3 Å². The molecule has 0 atom stereocenters. The Bertz CT molecular complexity index is 1640. The molecule has 0 spiro atoms. The average Bonchev–Trinajstić information content (AvgIpc) is 3.11. The van der Waals surface area contributed by atoms with E-state index in [-0.39, 0.29) is 30.5 Å². The second-order valence-electron chi connectivity index (χ2n) is 13.3. The number of rotatable bonds is 7. The van der Waals surface area contributed by atoms with Gasteiger partial charge in [-0.05, 0) is 55.7 Å². The Kier molecular flexibility index (Phi) is 15.5. The molecule has 0 bridgehead atoms. The number of amides is 2. The summed E-state index contributed by atoms with van der Waals surface area (Å²) >= 11 is 0. The van der Waals surface area contributed by atoms with E-state index < -0.39 is 0 Å². The molecule has 0 radical (unpaired) electrons. The minimum atomic E-state index is -0.228. The number of carbonyl (C=O) groups is 2. The summed E-state index contributed by atoms with van der Waals surface area (Å²) < 4.78 is 30.6. The summed E-state index contributed by atoms with van der Waals surface area (Å²) in [5.41, 5.74) is 4.30. The maximum atomic E-state index is 13.8. The van der Waals surface area contributed by atoms with Gasteiger partial charge in [-0.2, -0.15) is 0 Å². The van der Waals surface area contributed by atoms with Crippen LogP contribution in [0.2, 0.25) is 0 Å². The van der Waals surface area contributed by atoms with E-state index in [9.17, 15) is 14.4 Å². The fourth-order valence-corrected chi connectivity index (χ4v) is 6.37. The molecule has 1 aromatic heterocycles. The molecule has 2 aliphatic rings. The molecule has 5 rings (SSSR count). The fourth-order valence-electron chi connectivity index (χ4n) is 6.37. The highest BCUT2D eigenvalue weighted by Crippen LogP contribution is 2.16. The molecule has 3 aromatic rings. The lowest BCUT2D eigenvalue weighted by Crippen LogP contribution is -2.44. The number of fused-ring (bicyclic) bond motifs is 1. The molecule has 14 heteroatoms. The highest BCUT2D eigenvalue weighted by Gasteiger charge is 2.22. The van der Waals surface area contributed by atoms with Gasteiger partial charge in [-0.15, -0.1) is 0 Å². The molecule has 2 fully saturated rings. The van der Waals surface area contributed by atoms with Crippen LogP contribution in [0.15, 0.2) is 41.2 Å². The summed E-state index contributed by atoms with van der Waals surface area (Å²) in [6.45, 7) is 14.1. The number of aryl methyl sites for hydroxylation is 3. The van der Waals surface area contributed by atoms with E-state index in [1.807, 2.05) is 49.9 Å². The molecule has 2 saturated heterocycles. The lowest BCUT2D eigenvalue weighted by molar-refractivity contribution is -0.136. The normalized spacial score (nSPS) is 18.5. The second kappa shape index (κ2) is 20.5. The molecule has 3 heterocycles. The highest BCUT2D eigenvalue weighted by atomic mass is 16.5. The summed E-state index contributed by atoms with van der Waals surface area (Å²) in [5.74, 6) is 0.308. The fraction of sp³-hybridized carbons (Fsp3) is 0.579. The van der Waals surface area contributed by atoms with Crippen LogP contribution >= 0.6 is 0 Å². The average molecular weight is 723 g/mol. The van der Waals surface area contributed by atoms with Gasteiger partial charge in [0.05, 0.1) is 90.1 Å². The Morgan fingerprint density at radius 1 is 0.692 bits per heavy atom. The summed E-state index contributed by atoms with van der Waals surface area (Å²) in [6.07, 6.45) is 0. The van der Waals surface area contributed by atoms with Crippen molar-refractivity contribution in [3.8, 4) is 0 Å². The van der Waals surface area contributed by atoms with Gasteiger partial charge in [0, 0.05) is 45.0 Å². The van der Waals surface area contributed by atoms with Crippen LogP contribution in [0.5, 0.6) is 0 Å². The van der Waals surface area contributed by atoms with Crippen LogP contribution in [0.4, 0.5) is 5.69 Å². The number of nitrogens with zero attached hydrogens (tertiary/aromatic N) is 5. The zero-order valence-electron chi connectivity index (χ0n) is 30.9. The van der Waals surface area contributed by atoms with E-state index >= 15 is 0 Å². The summed E-state index contributed by atoms with van der Waals surface area (Å²) in [5, 5.41) is 3.51. The first-order chi connectivity index (χ1) is 25.3. The molecule has 1 N–H and O–H groups in total. The summed E-state index contributed by atoms with van der Waals surface area (Å²) in [6, 6.07) is 11.5. The Morgan fingerprint density at radius 2 is 1.23 bits per heavy atom. The Morgan fingerprint density at radius 3 is 1.83 bits per heavy atom. The van der Waals surface area contributed by atoms with Crippen molar-refractivity contribution in [2.75, 3.05) is 117 Å². The Balaban J connectivity index is 1.18. The minimum absolute atomic E-state index is 0.0851. The van der Waals surface area contributed by atoms with Crippen molar-refractivity contribution in [2.45, 2.75) is 33.9 Å². The van der Waals surface area contributed by atoms with Gasteiger partial charge in [0.15, 0.2) is 0 Å². The van der Waals surface area contributed by atoms with E-state index in [1.165, 1.54) is 4.57 Å². The molecule has 2 aromatic carbocycles. The van der Waals surface area contributed by atoms with Gasteiger partial charge in [-0.25, -0.2) is 4.98 Å². The number of carbonyl (C=O) groups excluding carboxylic acids is 2. The van der Waals surface area contributed by atoms with Crippen LogP contribution in [-0.4, -0.2) is 148 Å². The molecule has 284 valence electrons. The molecule has 0 unspecified atom stereocenters. The molecule has 0 saturated carbocycles. The van der Waals surface area contributed by atoms with Crippen LogP contribution in [0, 0.1) is 20.8 Å². The van der Waals surface area contributed by atoms with Crippen molar-refractivity contribution in [3.63, 3.8) is 0 Å². The number of aromatic nitrogens is 2.